The number of ketones is 1. The van der Waals surface area contributed by atoms with Gasteiger partial charge in [-0.1, -0.05) is 11.6 Å². The lowest BCUT2D eigenvalue weighted by molar-refractivity contribution is -0.118. The van der Waals surface area contributed by atoms with Crippen LogP contribution in [-0.4, -0.2) is 22.5 Å². The molecule has 0 spiro atoms. The molecule has 0 aliphatic rings. The molecule has 0 atom stereocenters. The van der Waals surface area contributed by atoms with Crippen molar-refractivity contribution in [3.05, 3.63) is 22.7 Å². The van der Waals surface area contributed by atoms with Crippen LogP contribution in [0.1, 0.15) is 12.6 Å². The number of rotatable bonds is 4. The normalized spacial score (nSPS) is 10.1. The number of aliphatic hydroxyl groups excluding tert-OH is 1. The Morgan fingerprint density at radius 2 is 2.40 bits per heavy atom. The summed E-state index contributed by atoms with van der Waals surface area (Å²) in [5.41, 5.74) is 0.104. The van der Waals surface area contributed by atoms with E-state index in [4.69, 9.17) is 21.4 Å². The summed E-state index contributed by atoms with van der Waals surface area (Å²) in [6.45, 7) is 0.627. The molecule has 1 N–H and O–H groups in total. The number of carbonyl (C=O) groups excluding carboxylic acids is 1. The van der Waals surface area contributed by atoms with Crippen molar-refractivity contribution < 1.29 is 19.0 Å². The van der Waals surface area contributed by atoms with E-state index in [0.717, 1.165) is 6.07 Å². The Balaban J connectivity index is 2.92. The first-order valence-corrected chi connectivity index (χ1v) is 4.50. The van der Waals surface area contributed by atoms with Crippen LogP contribution in [-0.2, 0) is 11.4 Å². The smallest absolute Gasteiger partial charge is 0.192 e. The summed E-state index contributed by atoms with van der Waals surface area (Å²) < 4.78 is 18.1. The van der Waals surface area contributed by atoms with Crippen LogP contribution in [0, 0.1) is 5.82 Å². The monoisotopic (exact) mass is 233 g/mol. The van der Waals surface area contributed by atoms with E-state index in [0.29, 0.717) is 0 Å². The number of carbonyl (C=O) groups is 1. The molecule has 82 valence electrons. The van der Waals surface area contributed by atoms with Crippen molar-refractivity contribution in [2.24, 2.45) is 0 Å². The van der Waals surface area contributed by atoms with E-state index in [9.17, 15) is 9.18 Å². The molecule has 1 aromatic heterocycles. The fourth-order valence-electron chi connectivity index (χ4n) is 0.903. The molecule has 0 saturated heterocycles. The lowest BCUT2D eigenvalue weighted by Crippen LogP contribution is -2.09. The molecule has 0 aliphatic heterocycles. The van der Waals surface area contributed by atoms with Crippen molar-refractivity contribution in [1.29, 1.82) is 0 Å². The lowest BCUT2D eigenvalue weighted by Gasteiger charge is -2.07. The van der Waals surface area contributed by atoms with Crippen LogP contribution < -0.4 is 4.74 Å². The van der Waals surface area contributed by atoms with Gasteiger partial charge in [0.15, 0.2) is 22.5 Å². The highest BCUT2D eigenvalue weighted by Crippen LogP contribution is 2.26. The van der Waals surface area contributed by atoms with E-state index in [-0.39, 0.29) is 29.0 Å². The summed E-state index contributed by atoms with van der Waals surface area (Å²) in [6.07, 6.45) is 0. The van der Waals surface area contributed by atoms with E-state index < -0.39 is 12.4 Å². The van der Waals surface area contributed by atoms with Crippen LogP contribution in [0.5, 0.6) is 5.75 Å². The topological polar surface area (TPSA) is 59.4 Å². The first-order valence-electron chi connectivity index (χ1n) is 4.12. The van der Waals surface area contributed by atoms with Gasteiger partial charge in [-0.15, -0.1) is 0 Å². The molecule has 0 fully saturated rings. The molecule has 1 heterocycles. The number of aliphatic hydroxyl groups is 1. The van der Waals surface area contributed by atoms with Crippen molar-refractivity contribution >= 4 is 17.4 Å². The number of nitrogens with zero attached hydrogens (tertiary/aromatic N) is 1. The molecule has 0 saturated carbocycles. The predicted octanol–water partition coefficient (Wildman–Crippen LogP) is 1.33. The maximum Gasteiger partial charge on any atom is 0.192 e. The summed E-state index contributed by atoms with van der Waals surface area (Å²) >= 11 is 5.60. The van der Waals surface area contributed by atoms with Crippen LogP contribution in [0.3, 0.4) is 0 Å². The summed E-state index contributed by atoms with van der Waals surface area (Å²) in [5.74, 6) is -1.28. The summed E-state index contributed by atoms with van der Waals surface area (Å²) in [4.78, 5) is 14.3. The minimum absolute atomic E-state index is 0.104. The van der Waals surface area contributed by atoms with Crippen molar-refractivity contribution in [2.45, 2.75) is 13.5 Å². The zero-order valence-electron chi connectivity index (χ0n) is 7.96. The van der Waals surface area contributed by atoms with E-state index in [1.54, 1.807) is 0 Å². The van der Waals surface area contributed by atoms with E-state index in [1.807, 2.05) is 0 Å². The molecular formula is C9H9ClFNO3. The quantitative estimate of drug-likeness (QED) is 0.798. The second kappa shape index (κ2) is 5.04. The Morgan fingerprint density at radius 3 is 2.87 bits per heavy atom. The molecule has 4 nitrogen and oxygen atoms in total. The third-order valence-corrected chi connectivity index (χ3v) is 1.78. The van der Waals surface area contributed by atoms with Gasteiger partial charge in [-0.3, -0.25) is 4.79 Å². The standard InChI is InChI=1S/C9H9ClFNO3/c1-5(14)4-15-8-7(11)2-6(3-13)12-9(8)10/h2,13H,3-4H2,1H3. The third-order valence-electron chi connectivity index (χ3n) is 1.52. The first-order chi connectivity index (χ1) is 7.04. The maximum absolute atomic E-state index is 13.3. The highest BCUT2D eigenvalue weighted by molar-refractivity contribution is 6.30. The van der Waals surface area contributed by atoms with Crippen LogP contribution in [0.15, 0.2) is 6.07 Å². The van der Waals surface area contributed by atoms with Crippen LogP contribution in [0.4, 0.5) is 4.39 Å². The second-order valence-corrected chi connectivity index (χ2v) is 3.22. The molecule has 0 amide bonds. The Labute approximate surface area is 90.6 Å². The molecule has 6 heteroatoms. The van der Waals surface area contributed by atoms with Crippen LogP contribution in [0.2, 0.25) is 5.15 Å². The average molecular weight is 234 g/mol. The lowest BCUT2D eigenvalue weighted by atomic mass is 10.3. The highest BCUT2D eigenvalue weighted by Gasteiger charge is 2.13. The molecule has 1 rings (SSSR count). The molecule has 1 aromatic rings. The minimum atomic E-state index is -0.750. The second-order valence-electron chi connectivity index (χ2n) is 2.86. The first kappa shape index (κ1) is 11.9. The molecule has 0 aliphatic carbocycles. The zero-order valence-corrected chi connectivity index (χ0v) is 8.71. The van der Waals surface area contributed by atoms with Gasteiger partial charge in [0, 0.05) is 6.07 Å². The van der Waals surface area contributed by atoms with Crippen molar-refractivity contribution in [2.75, 3.05) is 6.61 Å². The van der Waals surface area contributed by atoms with Crippen LogP contribution >= 0.6 is 11.6 Å². The Kier molecular flexibility index (Phi) is 3.99. The number of halogens is 2. The molecule has 0 unspecified atom stereocenters. The molecule has 0 radical (unpaired) electrons. The Morgan fingerprint density at radius 1 is 1.73 bits per heavy atom. The number of ether oxygens (including phenoxy) is 1. The molecule has 15 heavy (non-hydrogen) atoms. The van der Waals surface area contributed by atoms with Crippen LogP contribution in [0.25, 0.3) is 0 Å². The number of hydrogen-bond acceptors (Lipinski definition) is 4. The van der Waals surface area contributed by atoms with Gasteiger partial charge < -0.3 is 9.84 Å². The Bertz CT molecular complexity index is 361. The van der Waals surface area contributed by atoms with Gasteiger partial charge >= 0.3 is 0 Å². The van der Waals surface area contributed by atoms with Gasteiger partial charge in [0.2, 0.25) is 0 Å². The Hall–Kier alpha value is -1.20. The van der Waals surface area contributed by atoms with Gasteiger partial charge in [0.1, 0.15) is 6.61 Å². The van der Waals surface area contributed by atoms with E-state index >= 15 is 0 Å². The largest absolute Gasteiger partial charge is 0.480 e. The highest BCUT2D eigenvalue weighted by atomic mass is 35.5. The maximum atomic E-state index is 13.3. The molecule has 0 aromatic carbocycles. The number of hydrogen-bond donors (Lipinski definition) is 1. The fraction of sp³-hybridized carbons (Fsp3) is 0.333. The van der Waals surface area contributed by atoms with Gasteiger partial charge in [0.05, 0.1) is 12.3 Å². The van der Waals surface area contributed by atoms with Gasteiger partial charge in [-0.05, 0) is 6.92 Å². The summed E-state index contributed by atoms with van der Waals surface area (Å²) in [7, 11) is 0. The SMILES string of the molecule is CC(=O)COc1c(F)cc(CO)nc1Cl. The predicted molar refractivity (Wildman–Crippen MR) is 51.3 cm³/mol. The number of pyridine rings is 1. The minimum Gasteiger partial charge on any atom is -0.480 e. The van der Waals surface area contributed by atoms with Crippen molar-refractivity contribution in [1.82, 2.24) is 4.98 Å². The number of Topliss-reactive ketones (excluding diaryl/α,β-unsaturated/α-hetero) is 1. The number of aromatic nitrogens is 1. The van der Waals surface area contributed by atoms with E-state index in [2.05, 4.69) is 4.98 Å². The summed E-state index contributed by atoms with van der Waals surface area (Å²) in [5, 5.41) is 8.50. The zero-order chi connectivity index (χ0) is 11.4. The van der Waals surface area contributed by atoms with Crippen molar-refractivity contribution in [3.8, 4) is 5.75 Å². The summed E-state index contributed by atoms with van der Waals surface area (Å²) in [6, 6.07) is 1.00. The van der Waals surface area contributed by atoms with E-state index in [1.165, 1.54) is 6.92 Å². The third kappa shape index (κ3) is 3.14. The molecular weight excluding hydrogens is 225 g/mol. The molecule has 0 bridgehead atoms. The average Bonchev–Trinajstić information content (AvgIpc) is 2.15. The van der Waals surface area contributed by atoms with Gasteiger partial charge in [0.25, 0.3) is 0 Å². The van der Waals surface area contributed by atoms with Gasteiger partial charge in [-0.2, -0.15) is 0 Å². The fourth-order valence-corrected chi connectivity index (χ4v) is 1.16. The van der Waals surface area contributed by atoms with Gasteiger partial charge in [-0.25, -0.2) is 9.37 Å². The van der Waals surface area contributed by atoms with Crippen molar-refractivity contribution in [3.63, 3.8) is 0 Å².